The van der Waals surface area contributed by atoms with Crippen molar-refractivity contribution in [3.8, 4) is 0 Å². The normalized spacial score (nSPS) is 29.1. The highest BCUT2D eigenvalue weighted by Crippen LogP contribution is 2.67. The van der Waals surface area contributed by atoms with Crippen LogP contribution < -0.4 is 5.32 Å². The van der Waals surface area contributed by atoms with Crippen LogP contribution in [-0.2, 0) is 52.5 Å². The lowest BCUT2D eigenvalue weighted by atomic mass is 9.41. The minimum absolute atomic E-state index is 0.0172. The highest BCUT2D eigenvalue weighted by atomic mass is 32.2. The Morgan fingerprint density at radius 1 is 0.819 bits per heavy atom. The largest absolute Gasteiger partial charge is 0.461 e. The summed E-state index contributed by atoms with van der Waals surface area (Å²) in [4.78, 5) is 112. The Morgan fingerprint density at radius 3 is 1.97 bits per heavy atom. The summed E-state index contributed by atoms with van der Waals surface area (Å²) in [5, 5.41) is 28.8. The van der Waals surface area contributed by atoms with Crippen molar-refractivity contribution in [3.63, 3.8) is 0 Å². The number of aliphatic hydroxyl groups is 2. The molecule has 2 bridgehead atoms. The molecule has 11 atom stereocenters. The molecule has 1 amide bonds. The number of thioether (sulfide) groups is 1. The van der Waals surface area contributed by atoms with E-state index in [1.165, 1.54) is 13.8 Å². The van der Waals surface area contributed by atoms with Gasteiger partial charge in [0.2, 0.25) is 0 Å². The molecule has 3 N–H and O–H groups in total. The number of benzene rings is 3. The first-order valence-corrected chi connectivity index (χ1v) is 25.3. The van der Waals surface area contributed by atoms with E-state index in [2.05, 4.69) is 5.32 Å². The maximum absolute atomic E-state index is 16.2. The van der Waals surface area contributed by atoms with Gasteiger partial charge in [-0.15, -0.1) is 11.8 Å². The van der Waals surface area contributed by atoms with Gasteiger partial charge in [0.1, 0.15) is 24.1 Å². The molecule has 72 heavy (non-hydrogen) atoms. The van der Waals surface area contributed by atoms with Gasteiger partial charge in [0.25, 0.3) is 5.91 Å². The molecule has 384 valence electrons. The fourth-order valence-corrected chi connectivity index (χ4v) is 12.4. The Labute approximate surface area is 422 Å². The molecule has 0 aromatic heterocycles. The summed E-state index contributed by atoms with van der Waals surface area (Å²) in [7, 11) is 0. The van der Waals surface area contributed by atoms with E-state index < -0.39 is 125 Å². The van der Waals surface area contributed by atoms with Crippen LogP contribution in [0.25, 0.3) is 0 Å². The molecule has 3 aromatic carbocycles. The smallest absolute Gasteiger partial charge is 0.338 e. The number of nitrogens with one attached hydrogen (secondary N) is 1. The number of ketones is 3. The summed E-state index contributed by atoms with van der Waals surface area (Å²) < 4.78 is 30.9. The molecule has 0 unspecified atom stereocenters. The molecule has 0 spiro atoms. The van der Waals surface area contributed by atoms with Gasteiger partial charge in [-0.3, -0.25) is 33.6 Å². The Morgan fingerprint density at radius 2 is 1.42 bits per heavy atom. The lowest BCUT2D eigenvalue weighted by molar-refractivity contribution is -0.340. The molecule has 1 aliphatic heterocycles. The quantitative estimate of drug-likeness (QED) is 0.0617. The molecule has 3 fully saturated rings. The number of fused-ring (bicyclic) bond motifs is 5. The lowest BCUT2D eigenvalue weighted by Gasteiger charge is -2.68. The SMILES string of the molecule is CC(=O)O[C@H]1C(=O)[C@]2(C)[C@@H](OC(=O)CSCC(=O)C(C)C)C[C@H]3OC[C@@]3(OC(C)=O)[C@H]2[C@H](CC(=O)c2ccccc2)[C@]2(O)C[C@H](OC(=O)[C@H](O)[C@@H](NC(=O)c3ccccc3)c3ccccc3)C(C)=C1C2(C)C. The minimum Gasteiger partial charge on any atom is -0.461 e. The van der Waals surface area contributed by atoms with E-state index >= 15 is 4.79 Å². The Balaban J connectivity index is 1.40. The number of ether oxygens (including phenoxy) is 5. The molecule has 7 rings (SSSR count). The minimum atomic E-state index is -2.26. The molecule has 16 nitrogen and oxygen atoms in total. The van der Waals surface area contributed by atoms with Crippen LogP contribution in [0.3, 0.4) is 0 Å². The van der Waals surface area contributed by atoms with Gasteiger partial charge in [-0.25, -0.2) is 4.79 Å². The molecule has 1 heterocycles. The topological polar surface area (TPSA) is 235 Å². The number of esters is 4. The van der Waals surface area contributed by atoms with Gasteiger partial charge in [0.05, 0.1) is 35.2 Å². The first kappa shape index (κ1) is 53.8. The summed E-state index contributed by atoms with van der Waals surface area (Å²) in [5.41, 5.74) is -6.60. The van der Waals surface area contributed by atoms with Crippen LogP contribution >= 0.6 is 11.8 Å². The van der Waals surface area contributed by atoms with E-state index in [0.29, 0.717) is 5.56 Å². The second-order valence-corrected chi connectivity index (χ2v) is 21.3. The number of Topliss-reactive ketones (excluding diaryl/α,β-unsaturated/α-hetero) is 3. The van der Waals surface area contributed by atoms with Crippen LogP contribution in [0, 0.1) is 28.6 Å². The summed E-state index contributed by atoms with van der Waals surface area (Å²) in [6.07, 6.45) is -9.01. The van der Waals surface area contributed by atoms with Crippen molar-refractivity contribution in [2.24, 2.45) is 28.6 Å². The predicted octanol–water partition coefficient (Wildman–Crippen LogP) is 5.91. The van der Waals surface area contributed by atoms with Crippen LogP contribution in [0.4, 0.5) is 0 Å². The van der Waals surface area contributed by atoms with Gasteiger partial charge in [0, 0.05) is 67.4 Å². The zero-order valence-corrected chi connectivity index (χ0v) is 42.5. The third kappa shape index (κ3) is 10.0. The number of hydrogen-bond donors (Lipinski definition) is 3. The summed E-state index contributed by atoms with van der Waals surface area (Å²) >= 11 is 1.03. The fourth-order valence-electron chi connectivity index (χ4n) is 11.6. The van der Waals surface area contributed by atoms with Crippen molar-refractivity contribution in [1.29, 1.82) is 0 Å². The lowest BCUT2D eigenvalue weighted by Crippen LogP contribution is -2.80. The van der Waals surface area contributed by atoms with E-state index in [4.69, 9.17) is 23.7 Å². The van der Waals surface area contributed by atoms with E-state index in [1.54, 1.807) is 126 Å². The molecular formula is C55H63NO15S. The van der Waals surface area contributed by atoms with Crippen LogP contribution in [0.1, 0.15) is 107 Å². The Kier molecular flexibility index (Phi) is 15.8. The third-order valence-corrected chi connectivity index (χ3v) is 16.3. The van der Waals surface area contributed by atoms with Gasteiger partial charge in [-0.05, 0) is 42.7 Å². The average Bonchev–Trinajstić information content (AvgIpc) is 3.33. The molecule has 2 saturated carbocycles. The van der Waals surface area contributed by atoms with Crippen LogP contribution in [-0.4, -0.2) is 117 Å². The summed E-state index contributed by atoms with van der Waals surface area (Å²) in [6.45, 7) is 11.7. The Bertz CT molecular complexity index is 2620. The molecule has 1 saturated heterocycles. The highest BCUT2D eigenvalue weighted by molar-refractivity contribution is 8.00. The molecule has 4 aliphatic rings. The Hall–Kier alpha value is -6.01. The van der Waals surface area contributed by atoms with Gasteiger partial charge in [-0.1, -0.05) is 107 Å². The van der Waals surface area contributed by atoms with Crippen molar-refractivity contribution in [2.75, 3.05) is 18.1 Å². The van der Waals surface area contributed by atoms with E-state index in [9.17, 15) is 43.8 Å². The number of rotatable bonds is 17. The van der Waals surface area contributed by atoms with Crippen molar-refractivity contribution in [1.82, 2.24) is 5.32 Å². The molecule has 0 radical (unpaired) electrons. The number of amides is 1. The number of carbonyl (C=O) groups excluding carboxylic acids is 8. The standard InChI is InChI=1S/C55H63NO15S/c1-30(2)39(60)27-72-28-43(61)70-41-25-42-54(29-67-42,71-33(5)58)48-37(24-38(59)34-18-12-9-13-19-34)55(66)26-40(31(3)44(52(55,6)7)47(68-32(4)57)49(63)53(41,48)8)69-51(65)46(62)45(35-20-14-10-15-21-35)56-50(64)36-22-16-11-17-23-36/h9-23,30,37,40-42,45-48,62,66H,24-29H2,1-8H3,(H,56,64)/t37-,40-,41-,42+,45-,46+,47+,48-,53+,54-,55+/m0/s1. The molecular weight excluding hydrogens is 947 g/mol. The average molecular weight is 1010 g/mol. The van der Waals surface area contributed by atoms with Crippen molar-refractivity contribution < 1.29 is 72.3 Å². The zero-order chi connectivity index (χ0) is 52.5. The zero-order valence-electron chi connectivity index (χ0n) is 41.7. The predicted molar refractivity (Wildman–Crippen MR) is 262 cm³/mol. The second-order valence-electron chi connectivity index (χ2n) is 20.3. The molecule has 17 heteroatoms. The molecule has 3 aliphatic carbocycles. The van der Waals surface area contributed by atoms with Crippen LogP contribution in [0.2, 0.25) is 0 Å². The number of carbonyl (C=O) groups is 8. The molecule has 3 aromatic rings. The van der Waals surface area contributed by atoms with Crippen molar-refractivity contribution >= 4 is 58.9 Å². The summed E-state index contributed by atoms with van der Waals surface area (Å²) in [6, 6.07) is 23.3. The maximum Gasteiger partial charge on any atom is 0.338 e. The summed E-state index contributed by atoms with van der Waals surface area (Å²) in [5.74, 6) is -9.08. The van der Waals surface area contributed by atoms with Gasteiger partial charge >= 0.3 is 23.9 Å². The number of aliphatic hydroxyl groups excluding tert-OH is 1. The van der Waals surface area contributed by atoms with Crippen molar-refractivity contribution in [2.45, 2.75) is 122 Å². The van der Waals surface area contributed by atoms with Crippen molar-refractivity contribution in [3.05, 3.63) is 119 Å². The number of hydrogen-bond acceptors (Lipinski definition) is 16. The first-order valence-electron chi connectivity index (χ1n) is 24.1. The van der Waals surface area contributed by atoms with Gasteiger partial charge in [-0.2, -0.15) is 0 Å². The van der Waals surface area contributed by atoms with Gasteiger partial charge in [0.15, 0.2) is 29.4 Å². The van der Waals surface area contributed by atoms with Gasteiger partial charge < -0.3 is 39.2 Å². The second kappa shape index (κ2) is 21.2. The van der Waals surface area contributed by atoms with Crippen LogP contribution in [0.5, 0.6) is 0 Å². The maximum atomic E-state index is 16.2. The fraction of sp³-hybridized carbons (Fsp3) is 0.491. The monoisotopic (exact) mass is 1010 g/mol. The first-order chi connectivity index (χ1) is 34.0. The van der Waals surface area contributed by atoms with E-state index in [0.717, 1.165) is 18.7 Å². The third-order valence-electron chi connectivity index (χ3n) is 15.3. The highest BCUT2D eigenvalue weighted by Gasteiger charge is 2.78. The van der Waals surface area contributed by atoms with E-state index in [1.807, 2.05) is 0 Å². The van der Waals surface area contributed by atoms with E-state index in [-0.39, 0.29) is 58.5 Å². The van der Waals surface area contributed by atoms with Crippen LogP contribution in [0.15, 0.2) is 102 Å².